The second-order valence-electron chi connectivity index (χ2n) is 6.42. The summed E-state index contributed by atoms with van der Waals surface area (Å²) in [5.74, 6) is 1.72. The summed E-state index contributed by atoms with van der Waals surface area (Å²) in [5, 5.41) is 6.72. The van der Waals surface area contributed by atoms with Crippen LogP contribution >= 0.6 is 24.0 Å². The number of nitrogens with one attached hydrogen (secondary N) is 2. The van der Waals surface area contributed by atoms with Crippen molar-refractivity contribution in [1.82, 2.24) is 10.6 Å². The van der Waals surface area contributed by atoms with E-state index in [2.05, 4.69) is 31.4 Å². The number of aliphatic imine (C=N–C) groups is 1. The Morgan fingerprint density at radius 1 is 1.29 bits per heavy atom. The van der Waals surface area contributed by atoms with Gasteiger partial charge in [0, 0.05) is 33.4 Å². The molecule has 0 aromatic heterocycles. The van der Waals surface area contributed by atoms with Gasteiger partial charge in [-0.1, -0.05) is 20.3 Å². The van der Waals surface area contributed by atoms with Crippen LogP contribution in [0, 0.1) is 11.3 Å². The van der Waals surface area contributed by atoms with E-state index < -0.39 is 0 Å². The average Bonchev–Trinajstić information content (AvgIpc) is 2.36. The molecule has 0 heterocycles. The Morgan fingerprint density at radius 2 is 2.00 bits per heavy atom. The molecule has 0 aromatic carbocycles. The second-order valence-corrected chi connectivity index (χ2v) is 6.42. The van der Waals surface area contributed by atoms with Crippen molar-refractivity contribution >= 4 is 29.9 Å². The van der Waals surface area contributed by atoms with Crippen molar-refractivity contribution in [3.63, 3.8) is 0 Å². The molecule has 1 aliphatic rings. The van der Waals surface area contributed by atoms with Gasteiger partial charge in [-0.05, 0) is 43.9 Å². The van der Waals surface area contributed by atoms with Gasteiger partial charge in [0.1, 0.15) is 0 Å². The molecule has 0 aromatic rings. The molecule has 1 saturated carbocycles. The van der Waals surface area contributed by atoms with Crippen LogP contribution in [0.4, 0.5) is 0 Å². The van der Waals surface area contributed by atoms with Crippen LogP contribution in [0.5, 0.6) is 0 Å². The first-order valence-electron chi connectivity index (χ1n) is 8.13. The van der Waals surface area contributed by atoms with Gasteiger partial charge in [-0.2, -0.15) is 0 Å². The summed E-state index contributed by atoms with van der Waals surface area (Å²) in [6.07, 6.45) is 6.38. The van der Waals surface area contributed by atoms with Crippen molar-refractivity contribution in [2.45, 2.75) is 52.9 Å². The Labute approximate surface area is 147 Å². The number of methoxy groups -OCH3 is 1. The van der Waals surface area contributed by atoms with Crippen molar-refractivity contribution in [2.24, 2.45) is 16.3 Å². The highest BCUT2D eigenvalue weighted by atomic mass is 127. The fraction of sp³-hybridized carbons (Fsp3) is 0.938. The van der Waals surface area contributed by atoms with E-state index in [1.807, 2.05) is 0 Å². The van der Waals surface area contributed by atoms with Crippen LogP contribution in [0.3, 0.4) is 0 Å². The first kappa shape index (κ1) is 21.0. The monoisotopic (exact) mass is 411 g/mol. The van der Waals surface area contributed by atoms with E-state index in [0.29, 0.717) is 5.41 Å². The van der Waals surface area contributed by atoms with E-state index in [9.17, 15) is 0 Å². The highest BCUT2D eigenvalue weighted by Gasteiger charge is 2.37. The van der Waals surface area contributed by atoms with Crippen molar-refractivity contribution in [1.29, 1.82) is 0 Å². The van der Waals surface area contributed by atoms with Crippen molar-refractivity contribution < 1.29 is 4.74 Å². The molecule has 1 rings (SSSR count). The fourth-order valence-electron chi connectivity index (χ4n) is 2.98. The molecule has 0 saturated heterocycles. The summed E-state index contributed by atoms with van der Waals surface area (Å²) >= 11 is 0. The molecule has 0 radical (unpaired) electrons. The van der Waals surface area contributed by atoms with E-state index in [1.165, 1.54) is 25.7 Å². The SMILES string of the molecule is CCNC(=NCC1(CC(C)C)CCC1)NCCCOC.I. The molecule has 0 bridgehead atoms. The summed E-state index contributed by atoms with van der Waals surface area (Å²) in [6, 6.07) is 0. The van der Waals surface area contributed by atoms with Gasteiger partial charge < -0.3 is 15.4 Å². The van der Waals surface area contributed by atoms with Gasteiger partial charge >= 0.3 is 0 Å². The van der Waals surface area contributed by atoms with Gasteiger partial charge in [0.05, 0.1) is 0 Å². The van der Waals surface area contributed by atoms with Crippen LogP contribution in [-0.2, 0) is 4.74 Å². The summed E-state index contributed by atoms with van der Waals surface area (Å²) < 4.78 is 5.07. The first-order valence-corrected chi connectivity index (χ1v) is 8.13. The van der Waals surface area contributed by atoms with E-state index in [-0.39, 0.29) is 24.0 Å². The zero-order chi connectivity index (χ0) is 14.8. The third-order valence-corrected chi connectivity index (χ3v) is 3.99. The van der Waals surface area contributed by atoms with Crippen LogP contribution in [-0.4, -0.2) is 39.3 Å². The standard InChI is InChI=1S/C16H33N3O.HI/c1-5-17-15(18-10-7-11-20-4)19-13-16(8-6-9-16)12-14(2)3;/h14H,5-13H2,1-4H3,(H2,17,18,19);1H. The smallest absolute Gasteiger partial charge is 0.191 e. The minimum Gasteiger partial charge on any atom is -0.385 e. The first-order chi connectivity index (χ1) is 9.62. The number of hydrogen-bond acceptors (Lipinski definition) is 2. The highest BCUT2D eigenvalue weighted by Crippen LogP contribution is 2.46. The second kappa shape index (κ2) is 11.5. The molecule has 21 heavy (non-hydrogen) atoms. The summed E-state index contributed by atoms with van der Waals surface area (Å²) in [7, 11) is 1.74. The zero-order valence-electron chi connectivity index (χ0n) is 14.2. The van der Waals surface area contributed by atoms with Crippen molar-refractivity contribution in [2.75, 3.05) is 33.4 Å². The van der Waals surface area contributed by atoms with Gasteiger partial charge in [0.2, 0.25) is 0 Å². The normalized spacial score (nSPS) is 17.1. The summed E-state index contributed by atoms with van der Waals surface area (Å²) in [4.78, 5) is 4.81. The van der Waals surface area contributed by atoms with Gasteiger partial charge in [-0.3, -0.25) is 4.99 Å². The molecule has 126 valence electrons. The Bertz CT molecular complexity index is 291. The molecule has 0 atom stereocenters. The number of nitrogens with zero attached hydrogens (tertiary/aromatic N) is 1. The third kappa shape index (κ3) is 8.24. The summed E-state index contributed by atoms with van der Waals surface area (Å²) in [5.41, 5.74) is 0.475. The Hall–Kier alpha value is -0.0400. The molecule has 1 aliphatic carbocycles. The number of rotatable bonds is 9. The quantitative estimate of drug-likeness (QED) is 0.265. The lowest BCUT2D eigenvalue weighted by Crippen LogP contribution is -2.40. The molecule has 5 heteroatoms. The summed E-state index contributed by atoms with van der Waals surface area (Å²) in [6.45, 7) is 10.3. The molecule has 0 amide bonds. The Morgan fingerprint density at radius 3 is 2.48 bits per heavy atom. The molecule has 0 spiro atoms. The average molecular weight is 411 g/mol. The lowest BCUT2D eigenvalue weighted by molar-refractivity contribution is 0.111. The minimum atomic E-state index is 0. The molecular weight excluding hydrogens is 377 g/mol. The van der Waals surface area contributed by atoms with Crippen LogP contribution in [0.2, 0.25) is 0 Å². The van der Waals surface area contributed by atoms with Gasteiger partial charge in [0.15, 0.2) is 5.96 Å². The highest BCUT2D eigenvalue weighted by molar-refractivity contribution is 14.0. The van der Waals surface area contributed by atoms with Crippen LogP contribution < -0.4 is 10.6 Å². The van der Waals surface area contributed by atoms with Crippen molar-refractivity contribution in [3.05, 3.63) is 0 Å². The number of ether oxygens (including phenoxy) is 1. The molecule has 4 nitrogen and oxygen atoms in total. The molecule has 0 aliphatic heterocycles. The predicted molar refractivity (Wildman–Crippen MR) is 102 cm³/mol. The topological polar surface area (TPSA) is 45.7 Å². The van der Waals surface area contributed by atoms with E-state index >= 15 is 0 Å². The lowest BCUT2D eigenvalue weighted by Gasteiger charge is -2.42. The van der Waals surface area contributed by atoms with Crippen LogP contribution in [0.25, 0.3) is 0 Å². The zero-order valence-corrected chi connectivity index (χ0v) is 16.5. The number of guanidine groups is 1. The van der Waals surface area contributed by atoms with Gasteiger partial charge in [-0.25, -0.2) is 0 Å². The number of hydrogen-bond donors (Lipinski definition) is 2. The van der Waals surface area contributed by atoms with E-state index in [0.717, 1.165) is 44.5 Å². The maximum atomic E-state index is 5.07. The molecule has 1 fully saturated rings. The van der Waals surface area contributed by atoms with Crippen molar-refractivity contribution in [3.8, 4) is 0 Å². The molecule has 2 N–H and O–H groups in total. The molecule has 0 unspecified atom stereocenters. The largest absolute Gasteiger partial charge is 0.385 e. The maximum absolute atomic E-state index is 5.07. The maximum Gasteiger partial charge on any atom is 0.191 e. The Kier molecular flexibility index (Phi) is 11.5. The van der Waals surface area contributed by atoms with Gasteiger partial charge in [0.25, 0.3) is 0 Å². The fourth-order valence-corrected chi connectivity index (χ4v) is 2.98. The minimum absolute atomic E-state index is 0. The third-order valence-electron chi connectivity index (χ3n) is 3.99. The van der Waals surface area contributed by atoms with Crippen LogP contribution in [0.15, 0.2) is 4.99 Å². The predicted octanol–water partition coefficient (Wildman–Crippen LogP) is 3.41. The van der Waals surface area contributed by atoms with Gasteiger partial charge in [-0.15, -0.1) is 24.0 Å². The number of halogens is 1. The molecular formula is C16H34IN3O. The lowest BCUT2D eigenvalue weighted by atomic mass is 9.64. The van der Waals surface area contributed by atoms with E-state index in [1.54, 1.807) is 7.11 Å². The van der Waals surface area contributed by atoms with Crippen LogP contribution in [0.1, 0.15) is 52.9 Å². The Balaban J connectivity index is 0.00000400. The van der Waals surface area contributed by atoms with E-state index in [4.69, 9.17) is 9.73 Å².